The van der Waals surface area contributed by atoms with Crippen LogP contribution in [0.15, 0.2) is 38.2 Å². The average molecular weight is 617 g/mol. The topological polar surface area (TPSA) is 135 Å². The van der Waals surface area contributed by atoms with Crippen LogP contribution >= 0.6 is 34.9 Å². The van der Waals surface area contributed by atoms with Crippen LogP contribution in [0.2, 0.25) is 0 Å². The molecule has 1 saturated heterocycles. The monoisotopic (exact) mass is 616 g/mol. The van der Waals surface area contributed by atoms with Crippen LogP contribution in [0.4, 0.5) is 17.6 Å². The van der Waals surface area contributed by atoms with Gasteiger partial charge >= 0.3 is 5.97 Å². The molecule has 0 aliphatic carbocycles. The molecule has 2 amide bonds. The number of fused-ring (bicyclic) bond motifs is 1. The third kappa shape index (κ3) is 5.27. The summed E-state index contributed by atoms with van der Waals surface area (Å²) in [7, 11) is 0. The smallest absolute Gasteiger partial charge is 0.352 e. The van der Waals surface area contributed by atoms with E-state index in [2.05, 4.69) is 15.5 Å². The Morgan fingerprint density at radius 3 is 2.60 bits per heavy atom. The van der Waals surface area contributed by atoms with Crippen LogP contribution in [0.1, 0.15) is 21.3 Å². The molecule has 1 fully saturated rings. The lowest BCUT2D eigenvalue weighted by Gasteiger charge is -2.49. The molecule has 40 heavy (non-hydrogen) atoms. The fraction of sp³-hybridized carbons (Fsp3) is 0.261. The molecule has 10 nitrogen and oxygen atoms in total. The van der Waals surface area contributed by atoms with Gasteiger partial charge in [-0.3, -0.25) is 14.5 Å². The molecule has 2 atom stereocenters. The zero-order valence-electron chi connectivity index (χ0n) is 20.1. The molecular weight excluding hydrogens is 600 g/mol. The quantitative estimate of drug-likeness (QED) is 0.159. The zero-order chi connectivity index (χ0) is 28.7. The van der Waals surface area contributed by atoms with Crippen molar-refractivity contribution in [1.29, 1.82) is 0 Å². The van der Waals surface area contributed by atoms with Gasteiger partial charge in [0.15, 0.2) is 27.5 Å². The SMILES string of the molecule is Cc1nnc(SCC2=C(C(=O)O)N3C(=O)[C@H](NC(=O)c4ccc(COc5c(F)c(F)cc(F)c5F)o4)[C@H]3SC2)s1. The van der Waals surface area contributed by atoms with Gasteiger partial charge < -0.3 is 19.6 Å². The number of rotatable bonds is 9. The average Bonchev–Trinajstić information content (AvgIpc) is 3.57. The number of aromatic nitrogens is 2. The normalized spacial score (nSPS) is 18.4. The third-order valence-electron chi connectivity index (χ3n) is 5.73. The second-order valence-electron chi connectivity index (χ2n) is 8.35. The number of carboxylic acids is 1. The molecule has 1 aromatic carbocycles. The molecule has 3 aromatic rings. The summed E-state index contributed by atoms with van der Waals surface area (Å²) >= 11 is 3.97. The Morgan fingerprint density at radius 2 is 1.95 bits per heavy atom. The predicted octanol–water partition coefficient (Wildman–Crippen LogP) is 3.72. The summed E-state index contributed by atoms with van der Waals surface area (Å²) in [6.45, 7) is 1.13. The molecule has 210 valence electrons. The van der Waals surface area contributed by atoms with Crippen LogP contribution in [-0.4, -0.2) is 60.9 Å². The minimum absolute atomic E-state index is 0.0381. The maximum atomic E-state index is 13.8. The molecule has 0 radical (unpaired) electrons. The molecule has 4 heterocycles. The number of benzene rings is 1. The Kier molecular flexibility index (Phi) is 7.78. The van der Waals surface area contributed by atoms with Crippen molar-refractivity contribution in [3.8, 4) is 5.75 Å². The van der Waals surface area contributed by atoms with Gasteiger partial charge in [0.1, 0.15) is 34.5 Å². The van der Waals surface area contributed by atoms with Crippen molar-refractivity contribution in [2.24, 2.45) is 0 Å². The van der Waals surface area contributed by atoms with E-state index in [1.165, 1.54) is 47.0 Å². The number of hydrogen-bond donors (Lipinski definition) is 2. The van der Waals surface area contributed by atoms with Gasteiger partial charge in [-0.15, -0.1) is 22.0 Å². The number of hydrogen-bond acceptors (Lipinski definition) is 10. The molecular formula is C23H16F4N4O6S3. The molecule has 2 aliphatic heterocycles. The Hall–Kier alpha value is -3.57. The number of aliphatic carboxylic acids is 1. The van der Waals surface area contributed by atoms with Gasteiger partial charge in [0.05, 0.1) is 0 Å². The number of halogens is 4. The molecule has 2 aliphatic rings. The van der Waals surface area contributed by atoms with Gasteiger partial charge in [0, 0.05) is 17.6 Å². The molecule has 0 unspecified atom stereocenters. The number of carboxylic acid groups (broad SMARTS) is 1. The van der Waals surface area contributed by atoms with Crippen molar-refractivity contribution in [3.63, 3.8) is 0 Å². The van der Waals surface area contributed by atoms with Crippen LogP contribution in [0.5, 0.6) is 5.75 Å². The first kappa shape index (κ1) is 28.0. The molecule has 0 spiro atoms. The summed E-state index contributed by atoms with van der Waals surface area (Å²) in [5, 5.41) is 20.3. The predicted molar refractivity (Wildman–Crippen MR) is 134 cm³/mol. The maximum Gasteiger partial charge on any atom is 0.352 e. The van der Waals surface area contributed by atoms with Gasteiger partial charge in [0.25, 0.3) is 11.8 Å². The van der Waals surface area contributed by atoms with Gasteiger partial charge in [-0.1, -0.05) is 23.1 Å². The van der Waals surface area contributed by atoms with Gasteiger partial charge in [0.2, 0.25) is 11.6 Å². The summed E-state index contributed by atoms with van der Waals surface area (Å²) in [5.41, 5.74) is 0.394. The van der Waals surface area contributed by atoms with E-state index in [1.54, 1.807) is 6.92 Å². The molecule has 2 aromatic heterocycles. The second kappa shape index (κ2) is 11.1. The van der Waals surface area contributed by atoms with E-state index in [0.717, 1.165) is 9.91 Å². The Balaban J connectivity index is 1.22. The first-order chi connectivity index (χ1) is 19.0. The number of aryl methyl sites for hydroxylation is 1. The van der Waals surface area contributed by atoms with Gasteiger partial charge in [-0.05, 0) is 24.6 Å². The second-order valence-corrected chi connectivity index (χ2v) is 11.9. The number of amides is 2. The van der Waals surface area contributed by atoms with Crippen LogP contribution in [0.3, 0.4) is 0 Å². The lowest BCUT2D eigenvalue weighted by atomic mass is 10.0. The van der Waals surface area contributed by atoms with Gasteiger partial charge in [-0.25, -0.2) is 13.6 Å². The molecule has 0 bridgehead atoms. The van der Waals surface area contributed by atoms with Crippen molar-refractivity contribution in [2.75, 3.05) is 11.5 Å². The minimum atomic E-state index is -1.73. The highest BCUT2D eigenvalue weighted by atomic mass is 32.2. The van der Waals surface area contributed by atoms with Crippen molar-refractivity contribution < 1.29 is 46.2 Å². The van der Waals surface area contributed by atoms with E-state index in [4.69, 9.17) is 9.15 Å². The summed E-state index contributed by atoms with van der Waals surface area (Å²) in [5.74, 6) is -10.5. The maximum absolute atomic E-state index is 13.8. The summed E-state index contributed by atoms with van der Waals surface area (Å²) in [6.07, 6.45) is 0. The summed E-state index contributed by atoms with van der Waals surface area (Å²) < 4.78 is 65.0. The molecule has 2 N–H and O–H groups in total. The van der Waals surface area contributed by atoms with E-state index < -0.39 is 64.8 Å². The first-order valence-electron chi connectivity index (χ1n) is 11.2. The van der Waals surface area contributed by atoms with E-state index in [0.29, 0.717) is 21.4 Å². The largest absolute Gasteiger partial charge is 0.479 e. The van der Waals surface area contributed by atoms with Crippen molar-refractivity contribution in [1.82, 2.24) is 20.4 Å². The number of carbonyl (C=O) groups excluding carboxylic acids is 2. The van der Waals surface area contributed by atoms with Crippen molar-refractivity contribution >= 4 is 52.6 Å². The molecule has 17 heteroatoms. The molecule has 5 rings (SSSR count). The van der Waals surface area contributed by atoms with Crippen LogP contribution in [-0.2, 0) is 16.2 Å². The highest BCUT2D eigenvalue weighted by molar-refractivity contribution is 8.01. The number of β-lactam (4-membered cyclic amide) rings is 1. The number of furan rings is 1. The number of carbonyl (C=O) groups is 3. The number of ether oxygens (including phenoxy) is 1. The Bertz CT molecular complexity index is 1530. The van der Waals surface area contributed by atoms with Crippen LogP contribution in [0.25, 0.3) is 0 Å². The van der Waals surface area contributed by atoms with E-state index in [1.807, 2.05) is 0 Å². The lowest BCUT2D eigenvalue weighted by molar-refractivity contribution is -0.148. The lowest BCUT2D eigenvalue weighted by Crippen LogP contribution is -2.70. The first-order valence-corrected chi connectivity index (χ1v) is 14.1. The van der Waals surface area contributed by atoms with Crippen molar-refractivity contribution in [2.45, 2.75) is 29.3 Å². The standard InChI is InChI=1S/C23H16F4N4O6S3/c1-8-29-30-23(40-8)39-7-9-6-38-21-16(20(33)31(21)17(9)22(34)35)28-19(32)13-3-2-10(37-13)5-36-18-14(26)11(24)4-12(25)15(18)27/h2-4,16,21H,5-7H2,1H3,(H,28,32)(H,34,35)/t16-,21+/m0/s1. The number of thioether (sulfide) groups is 2. The number of nitrogens with one attached hydrogen (secondary N) is 1. The minimum Gasteiger partial charge on any atom is -0.479 e. The molecule has 0 saturated carbocycles. The van der Waals surface area contributed by atoms with E-state index in [-0.39, 0.29) is 23.3 Å². The fourth-order valence-corrected chi connectivity index (χ4v) is 7.19. The fourth-order valence-electron chi connectivity index (χ4n) is 3.89. The summed E-state index contributed by atoms with van der Waals surface area (Å²) in [4.78, 5) is 38.7. The van der Waals surface area contributed by atoms with E-state index >= 15 is 0 Å². The van der Waals surface area contributed by atoms with Crippen LogP contribution in [0, 0.1) is 30.2 Å². The summed E-state index contributed by atoms with van der Waals surface area (Å²) in [6, 6.07) is 1.44. The Morgan fingerprint density at radius 1 is 1.23 bits per heavy atom. The van der Waals surface area contributed by atoms with Gasteiger partial charge in [-0.2, -0.15) is 8.78 Å². The highest BCUT2D eigenvalue weighted by Crippen LogP contribution is 2.42. The number of nitrogens with zero attached hydrogens (tertiary/aromatic N) is 3. The van der Waals surface area contributed by atoms with Crippen LogP contribution < -0.4 is 10.1 Å². The van der Waals surface area contributed by atoms with Crippen molar-refractivity contribution in [3.05, 3.63) is 69.3 Å². The third-order valence-corrected chi connectivity index (χ3v) is 9.13. The highest BCUT2D eigenvalue weighted by Gasteiger charge is 2.54. The Labute approximate surface area is 234 Å². The zero-order valence-corrected chi connectivity index (χ0v) is 22.5. The van der Waals surface area contributed by atoms with E-state index in [9.17, 15) is 37.1 Å².